The fourth-order valence-electron chi connectivity index (χ4n) is 2.63. The second kappa shape index (κ2) is 5.54. The number of hydrogen-bond donors (Lipinski definition) is 1. The predicted octanol–water partition coefficient (Wildman–Crippen LogP) is 2.51. The van der Waals surface area contributed by atoms with E-state index in [1.165, 1.54) is 35.3 Å². The molecular weight excluding hydrogens is 250 g/mol. The summed E-state index contributed by atoms with van der Waals surface area (Å²) in [4.78, 5) is 4.86. The van der Waals surface area contributed by atoms with E-state index < -0.39 is 0 Å². The van der Waals surface area contributed by atoms with Crippen LogP contribution in [0.1, 0.15) is 35.7 Å². The molecule has 2 N–H and O–H groups in total. The van der Waals surface area contributed by atoms with Gasteiger partial charge in [-0.15, -0.1) is 0 Å². The fourth-order valence-corrected chi connectivity index (χ4v) is 2.63. The highest BCUT2D eigenvalue weighted by molar-refractivity contribution is 5.78. The van der Waals surface area contributed by atoms with Crippen LogP contribution in [-0.4, -0.2) is 29.3 Å². The van der Waals surface area contributed by atoms with E-state index in [9.17, 15) is 0 Å². The molecule has 0 radical (unpaired) electrons. The number of nitrogens with zero attached hydrogens (tertiary/aromatic N) is 2. The number of ether oxygens (including phenoxy) is 1. The fraction of sp³-hybridized carbons (Fsp3) is 0.562. The van der Waals surface area contributed by atoms with Crippen LogP contribution in [0.3, 0.4) is 0 Å². The molecule has 0 spiro atoms. The summed E-state index contributed by atoms with van der Waals surface area (Å²) in [6.07, 6.45) is 2.54. The number of aromatic nitrogens is 2. The lowest BCUT2D eigenvalue weighted by molar-refractivity contribution is 0.133. The van der Waals surface area contributed by atoms with Gasteiger partial charge in [-0.3, -0.25) is 0 Å². The first kappa shape index (κ1) is 13.6. The quantitative estimate of drug-likeness (QED) is 0.823. The summed E-state index contributed by atoms with van der Waals surface area (Å²) in [6.45, 7) is 7.09. The van der Waals surface area contributed by atoms with Gasteiger partial charge in [-0.25, -0.2) is 4.98 Å². The molecule has 0 unspecified atom stereocenters. The normalized spacial score (nSPS) is 15.2. The van der Waals surface area contributed by atoms with Crippen molar-refractivity contribution in [3.63, 3.8) is 0 Å². The van der Waals surface area contributed by atoms with Crippen molar-refractivity contribution in [2.45, 2.75) is 39.2 Å². The van der Waals surface area contributed by atoms with Crippen LogP contribution in [0.5, 0.6) is 0 Å². The Morgan fingerprint density at radius 2 is 2.00 bits per heavy atom. The smallest absolute Gasteiger partial charge is 0.113 e. The molecule has 1 aliphatic carbocycles. The lowest BCUT2D eigenvalue weighted by atomic mass is 10.1. The predicted molar refractivity (Wildman–Crippen MR) is 81.1 cm³/mol. The molecule has 2 aromatic rings. The van der Waals surface area contributed by atoms with Gasteiger partial charge in [0.1, 0.15) is 5.82 Å². The highest BCUT2D eigenvalue weighted by atomic mass is 16.5. The monoisotopic (exact) mass is 273 g/mol. The van der Waals surface area contributed by atoms with E-state index in [1.54, 1.807) is 0 Å². The third-order valence-electron chi connectivity index (χ3n) is 4.06. The first-order chi connectivity index (χ1) is 9.70. The summed E-state index contributed by atoms with van der Waals surface area (Å²) in [5, 5.41) is 0. The van der Waals surface area contributed by atoms with Crippen LogP contribution < -0.4 is 5.73 Å². The van der Waals surface area contributed by atoms with Crippen LogP contribution in [0, 0.1) is 13.8 Å². The summed E-state index contributed by atoms with van der Waals surface area (Å²) in [5.74, 6) is 1.89. The van der Waals surface area contributed by atoms with Gasteiger partial charge in [0.25, 0.3) is 0 Å². The van der Waals surface area contributed by atoms with Gasteiger partial charge in [0.05, 0.1) is 24.2 Å². The van der Waals surface area contributed by atoms with Crippen LogP contribution in [0.2, 0.25) is 0 Å². The molecule has 1 aliphatic rings. The van der Waals surface area contributed by atoms with E-state index >= 15 is 0 Å². The van der Waals surface area contributed by atoms with Crippen molar-refractivity contribution in [2.24, 2.45) is 5.73 Å². The van der Waals surface area contributed by atoms with Crippen LogP contribution >= 0.6 is 0 Å². The van der Waals surface area contributed by atoms with Crippen LogP contribution in [0.15, 0.2) is 12.1 Å². The third kappa shape index (κ3) is 2.58. The lowest BCUT2D eigenvalue weighted by Crippen LogP contribution is -2.13. The molecule has 20 heavy (non-hydrogen) atoms. The molecule has 4 heteroatoms. The first-order valence-electron chi connectivity index (χ1n) is 7.46. The maximum absolute atomic E-state index is 5.54. The van der Waals surface area contributed by atoms with Gasteiger partial charge in [-0.05, 0) is 49.9 Å². The molecule has 0 saturated heterocycles. The molecule has 1 aromatic heterocycles. The molecule has 1 fully saturated rings. The van der Waals surface area contributed by atoms with Crippen molar-refractivity contribution in [1.82, 2.24) is 9.55 Å². The summed E-state index contributed by atoms with van der Waals surface area (Å²) in [6, 6.07) is 4.46. The van der Waals surface area contributed by atoms with Crippen LogP contribution in [0.25, 0.3) is 11.0 Å². The zero-order valence-corrected chi connectivity index (χ0v) is 12.4. The molecule has 3 rings (SSSR count). The lowest BCUT2D eigenvalue weighted by Gasteiger charge is -2.10. The molecule has 108 valence electrons. The van der Waals surface area contributed by atoms with E-state index in [0.717, 1.165) is 12.1 Å². The average molecular weight is 273 g/mol. The Bertz CT molecular complexity index is 614. The van der Waals surface area contributed by atoms with Crippen LogP contribution in [0.4, 0.5) is 0 Å². The van der Waals surface area contributed by atoms with Gasteiger partial charge < -0.3 is 15.0 Å². The molecule has 0 bridgehead atoms. The standard InChI is InChI=1S/C16H23N3O/c1-11-9-14-15(10-12(11)2)19(6-8-20-7-5-17)16(18-14)13-3-4-13/h9-10,13H,3-8,17H2,1-2H3. The minimum Gasteiger partial charge on any atom is -0.378 e. The summed E-state index contributed by atoms with van der Waals surface area (Å²) >= 11 is 0. The van der Waals surface area contributed by atoms with E-state index in [1.807, 2.05) is 0 Å². The molecule has 0 atom stereocenters. The minimum atomic E-state index is 0.582. The number of aryl methyl sites for hydroxylation is 2. The molecule has 1 aromatic carbocycles. The number of hydrogen-bond acceptors (Lipinski definition) is 3. The van der Waals surface area contributed by atoms with Gasteiger partial charge in [-0.2, -0.15) is 0 Å². The Kier molecular flexibility index (Phi) is 3.76. The number of benzene rings is 1. The van der Waals surface area contributed by atoms with Crippen molar-refractivity contribution < 1.29 is 4.74 Å². The zero-order chi connectivity index (χ0) is 14.1. The minimum absolute atomic E-state index is 0.582. The number of nitrogens with two attached hydrogens (primary N) is 1. The topological polar surface area (TPSA) is 53.1 Å². The Morgan fingerprint density at radius 1 is 1.25 bits per heavy atom. The second-order valence-electron chi connectivity index (χ2n) is 5.72. The highest BCUT2D eigenvalue weighted by Crippen LogP contribution is 2.40. The van der Waals surface area contributed by atoms with Gasteiger partial charge in [0.2, 0.25) is 0 Å². The van der Waals surface area contributed by atoms with E-state index in [0.29, 0.717) is 25.7 Å². The molecule has 4 nitrogen and oxygen atoms in total. The van der Waals surface area contributed by atoms with E-state index in [2.05, 4.69) is 30.5 Å². The van der Waals surface area contributed by atoms with Crippen LogP contribution in [-0.2, 0) is 11.3 Å². The van der Waals surface area contributed by atoms with Crippen molar-refractivity contribution in [1.29, 1.82) is 0 Å². The van der Waals surface area contributed by atoms with Crippen molar-refractivity contribution in [3.05, 3.63) is 29.1 Å². The first-order valence-corrected chi connectivity index (χ1v) is 7.46. The Labute approximate surface area is 119 Å². The van der Waals surface area contributed by atoms with Crippen molar-refractivity contribution >= 4 is 11.0 Å². The highest BCUT2D eigenvalue weighted by Gasteiger charge is 2.29. The number of fused-ring (bicyclic) bond motifs is 1. The largest absolute Gasteiger partial charge is 0.378 e. The number of rotatable bonds is 6. The van der Waals surface area contributed by atoms with E-state index in [-0.39, 0.29) is 0 Å². The zero-order valence-electron chi connectivity index (χ0n) is 12.4. The molecule has 0 amide bonds. The van der Waals surface area contributed by atoms with Gasteiger partial charge in [0.15, 0.2) is 0 Å². The Hall–Kier alpha value is -1.39. The third-order valence-corrected chi connectivity index (χ3v) is 4.06. The Morgan fingerprint density at radius 3 is 2.70 bits per heavy atom. The molecule has 1 heterocycles. The van der Waals surface area contributed by atoms with Crippen molar-refractivity contribution in [2.75, 3.05) is 19.8 Å². The average Bonchev–Trinajstić information content (AvgIpc) is 3.21. The maximum Gasteiger partial charge on any atom is 0.113 e. The molecular formula is C16H23N3O. The van der Waals surface area contributed by atoms with Gasteiger partial charge in [-0.1, -0.05) is 0 Å². The molecule has 1 saturated carbocycles. The number of imidazole rings is 1. The van der Waals surface area contributed by atoms with Crippen molar-refractivity contribution in [3.8, 4) is 0 Å². The summed E-state index contributed by atoms with van der Waals surface area (Å²) < 4.78 is 7.88. The molecule has 0 aliphatic heterocycles. The summed E-state index contributed by atoms with van der Waals surface area (Å²) in [5.41, 5.74) is 10.5. The van der Waals surface area contributed by atoms with E-state index in [4.69, 9.17) is 15.5 Å². The second-order valence-corrected chi connectivity index (χ2v) is 5.72. The maximum atomic E-state index is 5.54. The van der Waals surface area contributed by atoms with Gasteiger partial charge >= 0.3 is 0 Å². The van der Waals surface area contributed by atoms with Gasteiger partial charge in [0, 0.05) is 19.0 Å². The SMILES string of the molecule is Cc1cc2nc(C3CC3)n(CCOCCN)c2cc1C. The Balaban J connectivity index is 1.93. The summed E-state index contributed by atoms with van der Waals surface area (Å²) in [7, 11) is 0.